The van der Waals surface area contributed by atoms with Crippen molar-refractivity contribution in [3.63, 3.8) is 0 Å². The summed E-state index contributed by atoms with van der Waals surface area (Å²) in [4.78, 5) is 29.0. The molecule has 1 aliphatic rings. The summed E-state index contributed by atoms with van der Waals surface area (Å²) in [6.07, 6.45) is 2.32. The van der Waals surface area contributed by atoms with Gasteiger partial charge in [0, 0.05) is 17.5 Å². The van der Waals surface area contributed by atoms with Crippen molar-refractivity contribution in [2.75, 3.05) is 6.54 Å². The Bertz CT molecular complexity index is 932. The van der Waals surface area contributed by atoms with Crippen LogP contribution in [0.2, 0.25) is 0 Å². The second-order valence-corrected chi connectivity index (χ2v) is 8.34. The van der Waals surface area contributed by atoms with Crippen LogP contribution in [-0.4, -0.2) is 33.2 Å². The zero-order valence-corrected chi connectivity index (χ0v) is 15.8. The molecule has 26 heavy (non-hydrogen) atoms. The van der Waals surface area contributed by atoms with Crippen LogP contribution in [0.15, 0.2) is 52.0 Å². The molecule has 0 radical (unpaired) electrons. The summed E-state index contributed by atoms with van der Waals surface area (Å²) in [6.45, 7) is 1.21. The molecule has 0 saturated carbocycles. The highest BCUT2D eigenvalue weighted by molar-refractivity contribution is 7.13. The quantitative estimate of drug-likeness (QED) is 0.677. The lowest BCUT2D eigenvalue weighted by atomic mass is 10.2. The molecule has 0 spiro atoms. The van der Waals surface area contributed by atoms with E-state index < -0.39 is 0 Å². The van der Waals surface area contributed by atoms with E-state index in [4.69, 9.17) is 0 Å². The highest BCUT2D eigenvalue weighted by Crippen LogP contribution is 2.23. The summed E-state index contributed by atoms with van der Waals surface area (Å²) in [6, 6.07) is 11.3. The van der Waals surface area contributed by atoms with Crippen molar-refractivity contribution in [1.82, 2.24) is 14.7 Å². The van der Waals surface area contributed by atoms with Crippen molar-refractivity contribution < 1.29 is 4.79 Å². The fraction of sp³-hybridized carbons (Fsp3) is 0.316. The first-order chi connectivity index (χ1) is 12.7. The monoisotopic (exact) mass is 385 g/mol. The molecule has 5 nitrogen and oxygen atoms in total. The molecule has 134 valence electrons. The predicted octanol–water partition coefficient (Wildman–Crippen LogP) is 3.27. The number of likely N-dealkylation sites (tertiary alicyclic amines) is 1. The highest BCUT2D eigenvalue weighted by atomic mass is 32.1. The van der Waals surface area contributed by atoms with Gasteiger partial charge in [0.25, 0.3) is 5.56 Å². The third-order valence-corrected chi connectivity index (χ3v) is 6.40. The fourth-order valence-corrected chi connectivity index (χ4v) is 4.74. The summed E-state index contributed by atoms with van der Waals surface area (Å²) in [5.41, 5.74) is 0.678. The van der Waals surface area contributed by atoms with Gasteiger partial charge in [-0.15, -0.1) is 22.7 Å². The van der Waals surface area contributed by atoms with Crippen LogP contribution >= 0.6 is 22.7 Å². The topological polar surface area (TPSA) is 55.2 Å². The van der Waals surface area contributed by atoms with Crippen LogP contribution in [0.5, 0.6) is 0 Å². The Morgan fingerprint density at radius 2 is 2.00 bits per heavy atom. The van der Waals surface area contributed by atoms with E-state index in [1.54, 1.807) is 34.8 Å². The summed E-state index contributed by atoms with van der Waals surface area (Å²) in [5, 5.41) is 8.51. The van der Waals surface area contributed by atoms with Gasteiger partial charge in [-0.25, -0.2) is 4.68 Å². The molecule has 3 aromatic heterocycles. The molecule has 4 heterocycles. The molecule has 0 aromatic carbocycles. The predicted molar refractivity (Wildman–Crippen MR) is 105 cm³/mol. The van der Waals surface area contributed by atoms with Crippen LogP contribution in [0.3, 0.4) is 0 Å². The number of aromatic nitrogens is 2. The number of carbonyl (C=O) groups excluding carboxylic acids is 1. The van der Waals surface area contributed by atoms with Crippen molar-refractivity contribution >= 4 is 28.6 Å². The maximum absolute atomic E-state index is 12.7. The number of hydrogen-bond donors (Lipinski definition) is 0. The van der Waals surface area contributed by atoms with Gasteiger partial charge in [0.05, 0.1) is 23.9 Å². The van der Waals surface area contributed by atoms with Crippen molar-refractivity contribution in [2.24, 2.45) is 0 Å². The van der Waals surface area contributed by atoms with Gasteiger partial charge in [-0.2, -0.15) is 5.10 Å². The zero-order chi connectivity index (χ0) is 17.9. The zero-order valence-electron chi connectivity index (χ0n) is 14.2. The lowest BCUT2D eigenvalue weighted by Gasteiger charge is -2.25. The van der Waals surface area contributed by atoms with E-state index in [9.17, 15) is 9.59 Å². The Balaban J connectivity index is 1.51. The molecule has 0 N–H and O–H groups in total. The van der Waals surface area contributed by atoms with Gasteiger partial charge in [-0.3, -0.25) is 9.59 Å². The first-order valence-corrected chi connectivity index (χ1v) is 10.4. The Kier molecular flexibility index (Phi) is 4.99. The van der Waals surface area contributed by atoms with E-state index in [2.05, 4.69) is 5.10 Å². The number of hydrogen-bond acceptors (Lipinski definition) is 5. The smallest absolute Gasteiger partial charge is 0.266 e. The lowest BCUT2D eigenvalue weighted by molar-refractivity contribution is -0.131. The molecule has 3 aromatic rings. The van der Waals surface area contributed by atoms with E-state index in [0.717, 1.165) is 34.8 Å². The van der Waals surface area contributed by atoms with Crippen LogP contribution in [0, 0.1) is 0 Å². The van der Waals surface area contributed by atoms with Gasteiger partial charge in [0.1, 0.15) is 5.69 Å². The molecule has 0 aliphatic carbocycles. The molecule has 1 atom stereocenters. The highest BCUT2D eigenvalue weighted by Gasteiger charge is 2.29. The van der Waals surface area contributed by atoms with E-state index >= 15 is 0 Å². The van der Waals surface area contributed by atoms with Gasteiger partial charge < -0.3 is 4.90 Å². The third-order valence-electron chi connectivity index (χ3n) is 4.63. The number of nitrogens with zero attached hydrogens (tertiary/aromatic N) is 3. The summed E-state index contributed by atoms with van der Waals surface area (Å²) >= 11 is 3.20. The van der Waals surface area contributed by atoms with Crippen LogP contribution in [-0.2, 0) is 17.8 Å². The normalized spacial score (nSPS) is 16.9. The summed E-state index contributed by atoms with van der Waals surface area (Å²) < 4.78 is 1.51. The molecule has 0 bridgehead atoms. The largest absolute Gasteiger partial charge is 0.338 e. The minimum absolute atomic E-state index is 0.0336. The molecule has 1 fully saturated rings. The summed E-state index contributed by atoms with van der Waals surface area (Å²) in [7, 11) is 0. The van der Waals surface area contributed by atoms with Crippen LogP contribution < -0.4 is 5.56 Å². The Morgan fingerprint density at radius 1 is 1.15 bits per heavy atom. The van der Waals surface area contributed by atoms with Crippen molar-refractivity contribution in [1.29, 1.82) is 0 Å². The standard InChI is InChI=1S/C19H19N3O2S2/c23-18-8-7-16(17-6-3-11-26-17)20-22(18)13-14-4-1-9-21(14)19(24)12-15-5-2-10-25-15/h2-3,5-8,10-11,14H,1,4,9,12-13H2/t14-/m1/s1. The van der Waals surface area contributed by atoms with Gasteiger partial charge in [-0.05, 0) is 41.8 Å². The van der Waals surface area contributed by atoms with Gasteiger partial charge in [0.15, 0.2) is 0 Å². The van der Waals surface area contributed by atoms with Crippen LogP contribution in [0.25, 0.3) is 10.6 Å². The maximum atomic E-state index is 12.7. The number of amides is 1. The van der Waals surface area contributed by atoms with E-state index in [0.29, 0.717) is 13.0 Å². The Labute approximate surface area is 159 Å². The molecule has 1 saturated heterocycles. The molecule has 7 heteroatoms. The average Bonchev–Trinajstić information content (AvgIpc) is 3.39. The molecule has 1 amide bonds. The average molecular weight is 386 g/mol. The Morgan fingerprint density at radius 3 is 2.77 bits per heavy atom. The minimum atomic E-state index is -0.122. The van der Waals surface area contributed by atoms with E-state index in [-0.39, 0.29) is 17.5 Å². The van der Waals surface area contributed by atoms with Gasteiger partial charge >= 0.3 is 0 Å². The van der Waals surface area contributed by atoms with Crippen LogP contribution in [0.1, 0.15) is 17.7 Å². The fourth-order valence-electron chi connectivity index (χ4n) is 3.35. The van der Waals surface area contributed by atoms with E-state index in [1.807, 2.05) is 39.9 Å². The second kappa shape index (κ2) is 7.55. The summed E-state index contributed by atoms with van der Waals surface area (Å²) in [5.74, 6) is 0.136. The number of thiophene rings is 2. The molecule has 0 unspecified atom stereocenters. The SMILES string of the molecule is O=C(Cc1cccs1)N1CCC[C@@H]1Cn1nc(-c2cccs2)ccc1=O. The molecular weight excluding hydrogens is 366 g/mol. The van der Waals surface area contributed by atoms with Crippen molar-refractivity contribution in [3.8, 4) is 10.6 Å². The van der Waals surface area contributed by atoms with E-state index in [1.165, 1.54) is 4.68 Å². The van der Waals surface area contributed by atoms with Gasteiger partial charge in [0.2, 0.25) is 5.91 Å². The maximum Gasteiger partial charge on any atom is 0.266 e. The molecule has 1 aliphatic heterocycles. The first kappa shape index (κ1) is 17.2. The van der Waals surface area contributed by atoms with Crippen molar-refractivity contribution in [3.05, 3.63) is 62.4 Å². The van der Waals surface area contributed by atoms with Gasteiger partial charge in [-0.1, -0.05) is 12.1 Å². The second-order valence-electron chi connectivity index (χ2n) is 6.36. The third kappa shape index (κ3) is 3.64. The number of rotatable bonds is 5. The molecule has 4 rings (SSSR count). The lowest BCUT2D eigenvalue weighted by Crippen LogP contribution is -2.41. The Hall–Kier alpha value is -2.25. The minimum Gasteiger partial charge on any atom is -0.338 e. The molecular formula is C19H19N3O2S2. The first-order valence-electron chi connectivity index (χ1n) is 8.64. The van der Waals surface area contributed by atoms with Crippen molar-refractivity contribution in [2.45, 2.75) is 31.8 Å². The van der Waals surface area contributed by atoms with Crippen LogP contribution in [0.4, 0.5) is 0 Å². The number of carbonyl (C=O) groups is 1.